The predicted molar refractivity (Wildman–Crippen MR) is 91.1 cm³/mol. The van der Waals surface area contributed by atoms with Crippen molar-refractivity contribution in [1.29, 1.82) is 0 Å². The minimum absolute atomic E-state index is 0.0656. The average molecular weight is 332 g/mol. The number of rotatable bonds is 4. The molecule has 24 heavy (non-hydrogen) atoms. The second-order valence-electron chi connectivity index (χ2n) is 6.76. The van der Waals surface area contributed by atoms with Crippen molar-refractivity contribution in [2.75, 3.05) is 26.2 Å². The van der Waals surface area contributed by atoms with Crippen LogP contribution in [-0.4, -0.2) is 52.2 Å². The number of hydrogen-bond donors (Lipinski definition) is 0. The minimum Gasteiger partial charge on any atom is -0.337 e. The van der Waals surface area contributed by atoms with E-state index in [-0.39, 0.29) is 11.9 Å². The first kappa shape index (κ1) is 17.0. The molecule has 6 heteroatoms. The molecule has 2 heterocycles. The van der Waals surface area contributed by atoms with Crippen molar-refractivity contribution in [1.82, 2.24) is 19.9 Å². The van der Waals surface area contributed by atoms with Gasteiger partial charge in [0.15, 0.2) is 0 Å². The Kier molecular flexibility index (Phi) is 4.96. The Labute approximate surface area is 142 Å². The predicted octanol–water partition coefficient (Wildman–Crippen LogP) is 3.27. The fourth-order valence-electron chi connectivity index (χ4n) is 3.05. The molecule has 0 N–H and O–H groups in total. The SMILES string of the molecule is Cc1ccc(-c2noc(C(C)N3CCN(C(C)C)CC3)n2)cc1F. The Hall–Kier alpha value is -1.79. The molecule has 1 aromatic heterocycles. The summed E-state index contributed by atoms with van der Waals surface area (Å²) < 4.78 is 19.2. The second kappa shape index (κ2) is 6.99. The zero-order valence-corrected chi connectivity index (χ0v) is 14.8. The molecule has 1 fully saturated rings. The van der Waals surface area contributed by atoms with Gasteiger partial charge in [-0.05, 0) is 39.3 Å². The Bertz CT molecular complexity index is 692. The van der Waals surface area contributed by atoms with Crippen molar-refractivity contribution < 1.29 is 8.91 Å². The Morgan fingerprint density at radius 2 is 1.75 bits per heavy atom. The molecule has 0 aliphatic carbocycles. The van der Waals surface area contributed by atoms with Crippen molar-refractivity contribution in [3.05, 3.63) is 35.5 Å². The molecule has 1 saturated heterocycles. The highest BCUT2D eigenvalue weighted by atomic mass is 19.1. The van der Waals surface area contributed by atoms with Gasteiger partial charge in [0.2, 0.25) is 11.7 Å². The third kappa shape index (κ3) is 3.49. The Morgan fingerprint density at radius 3 is 2.38 bits per heavy atom. The monoisotopic (exact) mass is 332 g/mol. The fraction of sp³-hybridized carbons (Fsp3) is 0.556. The summed E-state index contributed by atoms with van der Waals surface area (Å²) in [5.74, 6) is 0.775. The summed E-state index contributed by atoms with van der Waals surface area (Å²) in [4.78, 5) is 9.30. The van der Waals surface area contributed by atoms with Crippen molar-refractivity contribution in [2.45, 2.75) is 39.8 Å². The van der Waals surface area contributed by atoms with E-state index in [4.69, 9.17) is 4.52 Å². The van der Waals surface area contributed by atoms with E-state index < -0.39 is 0 Å². The highest BCUT2D eigenvalue weighted by Crippen LogP contribution is 2.24. The summed E-state index contributed by atoms with van der Waals surface area (Å²) in [7, 11) is 0. The van der Waals surface area contributed by atoms with Crippen LogP contribution in [0.3, 0.4) is 0 Å². The van der Waals surface area contributed by atoms with Crippen LogP contribution in [0.1, 0.15) is 38.3 Å². The quantitative estimate of drug-likeness (QED) is 0.860. The van der Waals surface area contributed by atoms with E-state index in [1.807, 2.05) is 6.07 Å². The number of benzene rings is 1. The first-order chi connectivity index (χ1) is 11.5. The maximum absolute atomic E-state index is 13.7. The molecular formula is C18H25FN4O. The molecule has 1 aliphatic heterocycles. The van der Waals surface area contributed by atoms with Crippen molar-refractivity contribution >= 4 is 0 Å². The van der Waals surface area contributed by atoms with Crippen LogP contribution in [0, 0.1) is 12.7 Å². The van der Waals surface area contributed by atoms with E-state index >= 15 is 0 Å². The zero-order chi connectivity index (χ0) is 17.3. The Morgan fingerprint density at radius 1 is 1.08 bits per heavy atom. The molecule has 0 spiro atoms. The summed E-state index contributed by atoms with van der Waals surface area (Å²) in [6, 6.07) is 5.65. The summed E-state index contributed by atoms with van der Waals surface area (Å²) in [6.07, 6.45) is 0. The van der Waals surface area contributed by atoms with Crippen molar-refractivity contribution in [2.24, 2.45) is 0 Å². The highest BCUT2D eigenvalue weighted by Gasteiger charge is 2.26. The smallest absolute Gasteiger partial charge is 0.244 e. The van der Waals surface area contributed by atoms with Crippen molar-refractivity contribution in [3.8, 4) is 11.4 Å². The van der Waals surface area contributed by atoms with Gasteiger partial charge in [-0.25, -0.2) is 4.39 Å². The van der Waals surface area contributed by atoms with Gasteiger partial charge in [0.1, 0.15) is 5.82 Å². The van der Waals surface area contributed by atoms with E-state index in [0.717, 1.165) is 26.2 Å². The van der Waals surface area contributed by atoms with Gasteiger partial charge in [-0.1, -0.05) is 17.3 Å². The molecule has 1 aliphatic rings. The summed E-state index contributed by atoms with van der Waals surface area (Å²) >= 11 is 0. The number of hydrogen-bond acceptors (Lipinski definition) is 5. The van der Waals surface area contributed by atoms with Gasteiger partial charge in [-0.15, -0.1) is 0 Å². The minimum atomic E-state index is -0.253. The van der Waals surface area contributed by atoms with Crippen molar-refractivity contribution in [3.63, 3.8) is 0 Å². The molecule has 0 radical (unpaired) electrons. The van der Waals surface area contributed by atoms with Crippen LogP contribution in [0.15, 0.2) is 22.7 Å². The summed E-state index contributed by atoms with van der Waals surface area (Å²) in [6.45, 7) is 12.3. The molecule has 0 bridgehead atoms. The summed E-state index contributed by atoms with van der Waals surface area (Å²) in [5.41, 5.74) is 1.25. The third-order valence-corrected chi connectivity index (χ3v) is 4.86. The van der Waals surface area contributed by atoms with Crippen LogP contribution >= 0.6 is 0 Å². The van der Waals surface area contributed by atoms with E-state index in [2.05, 4.69) is 40.7 Å². The van der Waals surface area contributed by atoms with Crippen LogP contribution in [0.5, 0.6) is 0 Å². The summed E-state index contributed by atoms with van der Waals surface area (Å²) in [5, 5.41) is 4.03. The molecule has 5 nitrogen and oxygen atoms in total. The van der Waals surface area contributed by atoms with E-state index in [0.29, 0.717) is 28.9 Å². The van der Waals surface area contributed by atoms with E-state index in [1.54, 1.807) is 13.0 Å². The standard InChI is InChI=1S/C18H25FN4O/c1-12(2)22-7-9-23(10-8-22)14(4)18-20-17(21-24-18)15-6-5-13(3)16(19)11-15/h5-6,11-12,14H,7-10H2,1-4H3. The van der Waals surface area contributed by atoms with Gasteiger partial charge in [0.05, 0.1) is 6.04 Å². The van der Waals surface area contributed by atoms with E-state index in [9.17, 15) is 4.39 Å². The molecular weight excluding hydrogens is 307 g/mol. The van der Waals surface area contributed by atoms with Gasteiger partial charge in [-0.3, -0.25) is 9.80 Å². The number of aromatic nitrogens is 2. The van der Waals surface area contributed by atoms with Crippen LogP contribution < -0.4 is 0 Å². The van der Waals surface area contributed by atoms with E-state index in [1.165, 1.54) is 6.07 Å². The molecule has 3 rings (SSSR count). The number of aryl methyl sites for hydroxylation is 1. The van der Waals surface area contributed by atoms with Gasteiger partial charge in [-0.2, -0.15) is 4.98 Å². The molecule has 0 amide bonds. The lowest BCUT2D eigenvalue weighted by molar-refractivity contribution is 0.0722. The van der Waals surface area contributed by atoms with Gasteiger partial charge in [0.25, 0.3) is 0 Å². The fourth-order valence-corrected chi connectivity index (χ4v) is 3.05. The maximum atomic E-state index is 13.7. The molecule has 1 atom stereocenters. The van der Waals surface area contributed by atoms with Gasteiger partial charge < -0.3 is 4.52 Å². The molecule has 1 unspecified atom stereocenters. The van der Waals surface area contributed by atoms with Gasteiger partial charge >= 0.3 is 0 Å². The number of piperazine rings is 1. The Balaban J connectivity index is 1.70. The number of nitrogens with zero attached hydrogens (tertiary/aromatic N) is 4. The largest absolute Gasteiger partial charge is 0.337 e. The molecule has 0 saturated carbocycles. The van der Waals surface area contributed by atoms with Crippen LogP contribution in [-0.2, 0) is 0 Å². The number of halogens is 1. The normalized spacial score (nSPS) is 18.2. The van der Waals surface area contributed by atoms with Gasteiger partial charge in [0, 0.05) is 37.8 Å². The van der Waals surface area contributed by atoms with Crippen LogP contribution in [0.4, 0.5) is 4.39 Å². The highest BCUT2D eigenvalue weighted by molar-refractivity contribution is 5.54. The lowest BCUT2D eigenvalue weighted by atomic mass is 10.1. The first-order valence-corrected chi connectivity index (χ1v) is 8.54. The average Bonchev–Trinajstić information content (AvgIpc) is 3.07. The molecule has 130 valence electrons. The molecule has 1 aromatic carbocycles. The van der Waals surface area contributed by atoms with Crippen LogP contribution in [0.25, 0.3) is 11.4 Å². The topological polar surface area (TPSA) is 45.4 Å². The first-order valence-electron chi connectivity index (χ1n) is 8.54. The third-order valence-electron chi connectivity index (χ3n) is 4.86. The lowest BCUT2D eigenvalue weighted by Crippen LogP contribution is -2.49. The maximum Gasteiger partial charge on any atom is 0.244 e. The molecule has 2 aromatic rings. The second-order valence-corrected chi connectivity index (χ2v) is 6.76. The zero-order valence-electron chi connectivity index (χ0n) is 14.8. The van der Waals surface area contributed by atoms with Crippen LogP contribution in [0.2, 0.25) is 0 Å². The lowest BCUT2D eigenvalue weighted by Gasteiger charge is -2.38.